The number of carbonyl (C=O) groups is 1. The van der Waals surface area contributed by atoms with Crippen LogP contribution in [-0.2, 0) is 4.79 Å². The quantitative estimate of drug-likeness (QED) is 0.839. The van der Waals surface area contributed by atoms with Crippen molar-refractivity contribution in [3.8, 4) is 0 Å². The minimum atomic E-state index is -0.415. The maximum Gasteiger partial charge on any atom is 0.216 e. The summed E-state index contributed by atoms with van der Waals surface area (Å²) in [6, 6.07) is 3.51. The van der Waals surface area contributed by atoms with Crippen molar-refractivity contribution in [1.82, 2.24) is 5.32 Å². The first kappa shape index (κ1) is 11.0. The molecule has 2 rings (SSSR count). The molecule has 2 nitrogen and oxygen atoms in total. The molecule has 4 heteroatoms. The smallest absolute Gasteiger partial charge is 0.216 e. The fourth-order valence-electron chi connectivity index (χ4n) is 1.93. The number of hydrogen-bond donors (Lipinski definition) is 1. The Morgan fingerprint density at radius 1 is 1.50 bits per heavy atom. The van der Waals surface area contributed by atoms with Crippen LogP contribution >= 0.6 is 0 Å². The molecule has 0 bridgehead atoms. The van der Waals surface area contributed by atoms with E-state index in [1.54, 1.807) is 0 Å². The van der Waals surface area contributed by atoms with Crippen molar-refractivity contribution in [2.75, 3.05) is 6.54 Å². The molecule has 0 unspecified atom stereocenters. The lowest BCUT2D eigenvalue weighted by Crippen LogP contribution is -2.22. The minimum Gasteiger partial charge on any atom is -0.356 e. The molecule has 1 saturated carbocycles. The van der Waals surface area contributed by atoms with Crippen molar-refractivity contribution >= 4 is 5.91 Å². The van der Waals surface area contributed by atoms with E-state index in [1.807, 2.05) is 0 Å². The van der Waals surface area contributed by atoms with Crippen LogP contribution in [-0.4, -0.2) is 12.5 Å². The number of hydrogen-bond acceptors (Lipinski definition) is 1. The topological polar surface area (TPSA) is 29.1 Å². The second-order valence-electron chi connectivity index (χ2n) is 4.21. The van der Waals surface area contributed by atoms with Crippen LogP contribution < -0.4 is 5.32 Å². The maximum absolute atomic E-state index is 13.4. The van der Waals surface area contributed by atoms with Gasteiger partial charge in [0.15, 0.2) is 0 Å². The highest BCUT2D eigenvalue weighted by molar-refractivity contribution is 5.72. The molecule has 1 amide bonds. The Hall–Kier alpha value is -1.45. The second-order valence-corrected chi connectivity index (χ2v) is 4.21. The second kappa shape index (κ2) is 4.20. The third-order valence-electron chi connectivity index (χ3n) is 2.89. The summed E-state index contributed by atoms with van der Waals surface area (Å²) in [5.41, 5.74) is 0.426. The molecule has 16 heavy (non-hydrogen) atoms. The summed E-state index contributed by atoms with van der Waals surface area (Å²) >= 11 is 0. The lowest BCUT2D eigenvalue weighted by atomic mass is 10.1. The number of benzene rings is 1. The lowest BCUT2D eigenvalue weighted by molar-refractivity contribution is -0.119. The van der Waals surface area contributed by atoms with E-state index >= 15 is 0 Å². The zero-order valence-corrected chi connectivity index (χ0v) is 8.97. The Kier molecular flexibility index (Phi) is 2.90. The van der Waals surface area contributed by atoms with Gasteiger partial charge in [-0.05, 0) is 42.0 Å². The molecule has 0 saturated heterocycles. The van der Waals surface area contributed by atoms with Gasteiger partial charge < -0.3 is 5.32 Å². The summed E-state index contributed by atoms with van der Waals surface area (Å²) in [6.45, 7) is 1.98. The number of amides is 1. The van der Waals surface area contributed by atoms with Gasteiger partial charge in [-0.3, -0.25) is 4.79 Å². The molecule has 1 aromatic carbocycles. The molecule has 0 aromatic heterocycles. The van der Waals surface area contributed by atoms with Gasteiger partial charge in [-0.25, -0.2) is 8.78 Å². The highest BCUT2D eigenvalue weighted by atomic mass is 19.1. The average Bonchev–Trinajstić information content (AvgIpc) is 2.98. The predicted octanol–water partition coefficient (Wildman–Crippen LogP) is 2.20. The van der Waals surface area contributed by atoms with E-state index in [1.165, 1.54) is 13.0 Å². The Bertz CT molecular complexity index is 419. The summed E-state index contributed by atoms with van der Waals surface area (Å²) in [5.74, 6) is -0.591. The third-order valence-corrected chi connectivity index (χ3v) is 2.89. The van der Waals surface area contributed by atoms with Gasteiger partial charge in [0.05, 0.1) is 0 Å². The molecule has 0 spiro atoms. The molecule has 1 aliphatic rings. The largest absolute Gasteiger partial charge is 0.356 e. The summed E-state index contributed by atoms with van der Waals surface area (Å²) in [7, 11) is 0. The molecule has 1 aliphatic carbocycles. The maximum atomic E-state index is 13.4. The van der Waals surface area contributed by atoms with Gasteiger partial charge in [-0.1, -0.05) is 0 Å². The standard InChI is InChI=1S/C12H13F2NO/c1-7(16)15-6-8-4-10(8)11-5-9(13)2-3-12(11)14/h2-3,5,8,10H,4,6H2,1H3,(H,15,16)/t8-,10+/m0/s1. The molecule has 86 valence electrons. The van der Waals surface area contributed by atoms with Crippen LogP contribution in [0.4, 0.5) is 8.78 Å². The SMILES string of the molecule is CC(=O)NC[C@@H]1C[C@H]1c1cc(F)ccc1F. The van der Waals surface area contributed by atoms with Crippen LogP contribution in [0.2, 0.25) is 0 Å². The van der Waals surface area contributed by atoms with Crippen LogP contribution in [0, 0.1) is 17.6 Å². The van der Waals surface area contributed by atoms with Crippen molar-refractivity contribution in [2.45, 2.75) is 19.3 Å². The first-order valence-electron chi connectivity index (χ1n) is 5.27. The van der Waals surface area contributed by atoms with Crippen LogP contribution in [0.25, 0.3) is 0 Å². The molecule has 0 heterocycles. The molecular weight excluding hydrogens is 212 g/mol. The van der Waals surface area contributed by atoms with Crippen LogP contribution in [0.15, 0.2) is 18.2 Å². The number of nitrogens with one attached hydrogen (secondary N) is 1. The summed E-state index contributed by atoms with van der Waals surface area (Å²) in [6.07, 6.45) is 0.806. The number of halogens is 2. The lowest BCUT2D eigenvalue weighted by Gasteiger charge is -2.03. The monoisotopic (exact) mass is 225 g/mol. The summed E-state index contributed by atoms with van der Waals surface area (Å²) in [5, 5.41) is 2.69. The fourth-order valence-corrected chi connectivity index (χ4v) is 1.93. The van der Waals surface area contributed by atoms with Crippen molar-refractivity contribution in [2.24, 2.45) is 5.92 Å². The molecule has 0 aliphatic heterocycles. The van der Waals surface area contributed by atoms with Gasteiger partial charge >= 0.3 is 0 Å². The van der Waals surface area contributed by atoms with Gasteiger partial charge in [0, 0.05) is 13.5 Å². The van der Waals surface area contributed by atoms with Crippen LogP contribution in [0.3, 0.4) is 0 Å². The third kappa shape index (κ3) is 2.38. The first-order chi connectivity index (χ1) is 7.58. The molecule has 1 N–H and O–H groups in total. The van der Waals surface area contributed by atoms with E-state index in [4.69, 9.17) is 0 Å². The summed E-state index contributed by atoms with van der Waals surface area (Å²) < 4.78 is 26.3. The Balaban J connectivity index is 2.00. The van der Waals surface area contributed by atoms with Gasteiger partial charge in [0.2, 0.25) is 5.91 Å². The van der Waals surface area contributed by atoms with E-state index < -0.39 is 5.82 Å². The van der Waals surface area contributed by atoms with E-state index in [-0.39, 0.29) is 23.6 Å². The molecule has 0 radical (unpaired) electrons. The highest BCUT2D eigenvalue weighted by Gasteiger charge is 2.39. The zero-order chi connectivity index (χ0) is 11.7. The average molecular weight is 225 g/mol. The summed E-state index contributed by atoms with van der Waals surface area (Å²) in [4.78, 5) is 10.7. The number of carbonyl (C=O) groups excluding carboxylic acids is 1. The Morgan fingerprint density at radius 2 is 2.25 bits per heavy atom. The zero-order valence-electron chi connectivity index (χ0n) is 8.97. The van der Waals surface area contributed by atoms with Gasteiger partial charge in [0.1, 0.15) is 11.6 Å². The molecule has 2 atom stereocenters. The number of rotatable bonds is 3. The van der Waals surface area contributed by atoms with E-state index in [0.29, 0.717) is 12.1 Å². The van der Waals surface area contributed by atoms with Crippen LogP contribution in [0.5, 0.6) is 0 Å². The normalized spacial score (nSPS) is 22.9. The van der Waals surface area contributed by atoms with E-state index in [0.717, 1.165) is 18.6 Å². The fraction of sp³-hybridized carbons (Fsp3) is 0.417. The van der Waals surface area contributed by atoms with Crippen LogP contribution in [0.1, 0.15) is 24.8 Å². The predicted molar refractivity (Wildman–Crippen MR) is 55.9 cm³/mol. The molecule has 1 fully saturated rings. The molecular formula is C12H13F2NO. The van der Waals surface area contributed by atoms with Crippen molar-refractivity contribution in [3.05, 3.63) is 35.4 Å². The van der Waals surface area contributed by atoms with E-state index in [2.05, 4.69) is 5.32 Å². The first-order valence-corrected chi connectivity index (χ1v) is 5.27. The van der Waals surface area contributed by atoms with Gasteiger partial charge in [-0.2, -0.15) is 0 Å². The highest BCUT2D eigenvalue weighted by Crippen LogP contribution is 2.47. The Labute approximate surface area is 92.7 Å². The van der Waals surface area contributed by atoms with Crippen molar-refractivity contribution in [3.63, 3.8) is 0 Å². The van der Waals surface area contributed by atoms with E-state index in [9.17, 15) is 13.6 Å². The minimum absolute atomic E-state index is 0.0440. The van der Waals surface area contributed by atoms with Gasteiger partial charge in [-0.15, -0.1) is 0 Å². The van der Waals surface area contributed by atoms with Crippen molar-refractivity contribution in [1.29, 1.82) is 0 Å². The molecule has 1 aromatic rings. The Morgan fingerprint density at radius 3 is 2.94 bits per heavy atom. The van der Waals surface area contributed by atoms with Gasteiger partial charge in [0.25, 0.3) is 0 Å². The van der Waals surface area contributed by atoms with Crippen molar-refractivity contribution < 1.29 is 13.6 Å².